The summed E-state index contributed by atoms with van der Waals surface area (Å²) in [5.41, 5.74) is 0.670. The molecule has 31 heavy (non-hydrogen) atoms. The topological polar surface area (TPSA) is 103 Å². The van der Waals surface area contributed by atoms with Crippen molar-refractivity contribution in [2.75, 3.05) is 12.9 Å². The number of aliphatic hydroxyl groups is 1. The molecule has 9 heteroatoms. The molecule has 0 aliphatic heterocycles. The summed E-state index contributed by atoms with van der Waals surface area (Å²) in [6.45, 7) is 3.45. The monoisotopic (exact) mass is 461 g/mol. The van der Waals surface area contributed by atoms with Crippen LogP contribution in [-0.4, -0.2) is 43.3 Å². The molecule has 1 aromatic heterocycles. The molecule has 3 rings (SSSR count). The van der Waals surface area contributed by atoms with Gasteiger partial charge in [0.05, 0.1) is 11.5 Å². The van der Waals surface area contributed by atoms with Gasteiger partial charge < -0.3 is 14.6 Å². The molecular weight excluding hydrogens is 438 g/mol. The summed E-state index contributed by atoms with van der Waals surface area (Å²) < 4.78 is 34.8. The number of benzene rings is 2. The molecule has 0 radical (unpaired) electrons. The third-order valence-electron chi connectivity index (χ3n) is 4.25. The normalized spacial score (nSPS) is 12.4. The number of aromatic nitrogens is 1. The molecule has 0 aliphatic rings. The highest BCUT2D eigenvalue weighted by Crippen LogP contribution is 2.29. The van der Waals surface area contributed by atoms with Crippen molar-refractivity contribution in [1.82, 2.24) is 4.98 Å². The van der Waals surface area contributed by atoms with E-state index in [0.717, 1.165) is 11.1 Å². The number of hydrogen-bond acceptors (Lipinski definition) is 8. The average molecular weight is 462 g/mol. The molecule has 7 nitrogen and oxygen atoms in total. The summed E-state index contributed by atoms with van der Waals surface area (Å²) in [5.74, 6) is 1.19. The van der Waals surface area contributed by atoms with Crippen LogP contribution in [0.25, 0.3) is 0 Å². The van der Waals surface area contributed by atoms with Crippen LogP contribution in [0.3, 0.4) is 0 Å². The van der Waals surface area contributed by atoms with E-state index in [4.69, 9.17) is 9.47 Å². The third-order valence-corrected chi connectivity index (χ3v) is 6.33. The van der Waals surface area contributed by atoms with Crippen molar-refractivity contribution in [2.45, 2.75) is 31.3 Å². The van der Waals surface area contributed by atoms with Gasteiger partial charge in [-0.25, -0.2) is 13.4 Å². The molecule has 1 N–H and O–H groups in total. The Morgan fingerprint density at radius 1 is 1.13 bits per heavy atom. The van der Waals surface area contributed by atoms with Crippen LogP contribution in [0.2, 0.25) is 0 Å². The van der Waals surface area contributed by atoms with Crippen LogP contribution in [0.1, 0.15) is 27.2 Å². The second kappa shape index (κ2) is 9.59. The zero-order chi connectivity index (χ0) is 22.6. The van der Waals surface area contributed by atoms with Crippen molar-refractivity contribution >= 4 is 27.0 Å². The van der Waals surface area contributed by atoms with Gasteiger partial charge in [0.25, 0.3) is 0 Å². The summed E-state index contributed by atoms with van der Waals surface area (Å²) in [6, 6.07) is 11.1. The summed E-state index contributed by atoms with van der Waals surface area (Å²) >= 11 is 1.34. The average Bonchev–Trinajstić information content (AvgIpc) is 3.14. The number of carbonyl (C=O) groups excluding carboxylic acids is 1. The summed E-state index contributed by atoms with van der Waals surface area (Å²) in [7, 11) is -3.30. The molecule has 0 saturated heterocycles. The molecule has 0 bridgehead atoms. The van der Waals surface area contributed by atoms with Crippen molar-refractivity contribution in [2.24, 2.45) is 0 Å². The van der Waals surface area contributed by atoms with Crippen LogP contribution in [0.4, 0.5) is 0 Å². The highest BCUT2D eigenvalue weighted by molar-refractivity contribution is 7.90. The van der Waals surface area contributed by atoms with Crippen LogP contribution < -0.4 is 9.47 Å². The summed E-state index contributed by atoms with van der Waals surface area (Å²) in [6.07, 6.45) is 2.48. The number of aliphatic hydroxyl groups excluding tert-OH is 1. The van der Waals surface area contributed by atoms with Crippen LogP contribution in [-0.2, 0) is 16.3 Å². The Kier molecular flexibility index (Phi) is 7.09. The van der Waals surface area contributed by atoms with Crippen molar-refractivity contribution in [1.29, 1.82) is 0 Å². The van der Waals surface area contributed by atoms with Gasteiger partial charge in [-0.1, -0.05) is 0 Å². The molecule has 0 spiro atoms. The van der Waals surface area contributed by atoms with Gasteiger partial charge >= 0.3 is 0 Å². The van der Waals surface area contributed by atoms with Gasteiger partial charge in [0.15, 0.2) is 20.6 Å². The highest BCUT2D eigenvalue weighted by Gasteiger charge is 2.15. The van der Waals surface area contributed by atoms with Crippen molar-refractivity contribution in [3.8, 4) is 17.2 Å². The van der Waals surface area contributed by atoms with E-state index in [1.54, 1.807) is 43.5 Å². The predicted octanol–water partition coefficient (Wildman–Crippen LogP) is 3.83. The molecule has 3 aromatic rings. The maximum absolute atomic E-state index is 12.6. The second-order valence-corrected chi connectivity index (χ2v) is 10.4. The highest BCUT2D eigenvalue weighted by atomic mass is 32.2. The Labute approximate surface area is 185 Å². The number of ether oxygens (including phenoxy) is 2. The van der Waals surface area contributed by atoms with E-state index in [1.165, 1.54) is 23.5 Å². The SMILES string of the molecule is Cc1cnc(C(=O)Cc2cc(Oc3ccc(S(C)(=O)=O)cc3)cc(O[C@@H](C)CO)c2)s1. The van der Waals surface area contributed by atoms with E-state index < -0.39 is 15.9 Å². The van der Waals surface area contributed by atoms with Gasteiger partial charge in [0.1, 0.15) is 23.4 Å². The minimum absolute atomic E-state index is 0.112. The zero-order valence-corrected chi connectivity index (χ0v) is 19.0. The number of hydrogen-bond donors (Lipinski definition) is 1. The van der Waals surface area contributed by atoms with Gasteiger partial charge in [-0.15, -0.1) is 11.3 Å². The Hall–Kier alpha value is -2.75. The molecule has 0 amide bonds. The molecule has 0 fully saturated rings. The first-order valence-corrected chi connectivity index (χ1v) is 12.2. The molecule has 1 atom stereocenters. The lowest BCUT2D eigenvalue weighted by atomic mass is 10.1. The van der Waals surface area contributed by atoms with Crippen LogP contribution in [0.15, 0.2) is 53.6 Å². The largest absolute Gasteiger partial charge is 0.488 e. The van der Waals surface area contributed by atoms with E-state index in [9.17, 15) is 18.3 Å². The maximum atomic E-state index is 12.6. The van der Waals surface area contributed by atoms with Crippen LogP contribution >= 0.6 is 11.3 Å². The molecule has 0 unspecified atom stereocenters. The first-order chi connectivity index (χ1) is 14.6. The van der Waals surface area contributed by atoms with Gasteiger partial charge in [-0.3, -0.25) is 4.79 Å². The quantitative estimate of drug-likeness (QED) is 0.483. The lowest BCUT2D eigenvalue weighted by molar-refractivity contribution is 0.0992. The Morgan fingerprint density at radius 2 is 1.81 bits per heavy atom. The van der Waals surface area contributed by atoms with Gasteiger partial charge in [-0.2, -0.15) is 0 Å². The summed E-state index contributed by atoms with van der Waals surface area (Å²) in [4.78, 5) is 17.9. The minimum Gasteiger partial charge on any atom is -0.488 e. The molecule has 0 aliphatic carbocycles. The number of thiazole rings is 1. The molecule has 2 aromatic carbocycles. The smallest absolute Gasteiger partial charge is 0.195 e. The number of ketones is 1. The first kappa shape index (κ1) is 22.9. The van der Waals surface area contributed by atoms with Crippen molar-refractivity contribution < 1.29 is 27.8 Å². The molecule has 1 heterocycles. The maximum Gasteiger partial charge on any atom is 0.195 e. The number of rotatable bonds is 9. The minimum atomic E-state index is -3.30. The van der Waals surface area contributed by atoms with Crippen LogP contribution in [0.5, 0.6) is 17.2 Å². The number of Topliss-reactive ketones (excluding diaryl/α,β-unsaturated/α-hetero) is 1. The molecular formula is C22H23NO6S2. The summed E-state index contributed by atoms with van der Waals surface area (Å²) in [5, 5.41) is 9.73. The number of sulfone groups is 1. The van der Waals surface area contributed by atoms with E-state index in [0.29, 0.717) is 27.8 Å². The number of aryl methyl sites for hydroxylation is 1. The molecule has 0 saturated carbocycles. The lowest BCUT2D eigenvalue weighted by Gasteiger charge is -2.15. The Balaban J connectivity index is 1.86. The molecule has 164 valence electrons. The lowest BCUT2D eigenvalue weighted by Crippen LogP contribution is -2.16. The van der Waals surface area contributed by atoms with Crippen molar-refractivity contribution in [3.63, 3.8) is 0 Å². The fourth-order valence-corrected chi connectivity index (χ4v) is 4.10. The Morgan fingerprint density at radius 3 is 2.39 bits per heavy atom. The Bertz CT molecular complexity index is 1170. The fourth-order valence-electron chi connectivity index (χ4n) is 2.76. The third kappa shape index (κ3) is 6.36. The van der Waals surface area contributed by atoms with E-state index in [2.05, 4.69) is 4.98 Å². The number of nitrogens with zero attached hydrogens (tertiary/aromatic N) is 1. The first-order valence-electron chi connectivity index (χ1n) is 9.49. The predicted molar refractivity (Wildman–Crippen MR) is 118 cm³/mol. The van der Waals surface area contributed by atoms with Gasteiger partial charge in [0, 0.05) is 29.8 Å². The zero-order valence-electron chi connectivity index (χ0n) is 17.4. The van der Waals surface area contributed by atoms with Gasteiger partial charge in [-0.05, 0) is 55.8 Å². The van der Waals surface area contributed by atoms with Gasteiger partial charge in [0.2, 0.25) is 0 Å². The number of carbonyl (C=O) groups is 1. The van der Waals surface area contributed by atoms with E-state index >= 15 is 0 Å². The van der Waals surface area contributed by atoms with E-state index in [1.807, 2.05) is 6.92 Å². The standard InChI is InChI=1S/C22H23NO6S2/c1-14(13-24)28-18-8-16(10-21(25)22-23-12-15(2)30-22)9-19(11-18)29-17-4-6-20(7-5-17)31(3,26)27/h4-9,11-12,14,24H,10,13H2,1-3H3/t14-/m0/s1. The van der Waals surface area contributed by atoms with Crippen LogP contribution in [0, 0.1) is 6.92 Å². The fraction of sp³-hybridized carbons (Fsp3) is 0.273. The second-order valence-electron chi connectivity index (χ2n) is 7.15. The van der Waals surface area contributed by atoms with Crippen molar-refractivity contribution in [3.05, 3.63) is 64.1 Å². The van der Waals surface area contributed by atoms with E-state index in [-0.39, 0.29) is 23.7 Å².